The van der Waals surface area contributed by atoms with Crippen molar-refractivity contribution in [1.82, 2.24) is 15.2 Å². The molecule has 0 aliphatic carbocycles. The first-order valence-electron chi connectivity index (χ1n) is 6.27. The van der Waals surface area contributed by atoms with Crippen LogP contribution in [0.3, 0.4) is 0 Å². The summed E-state index contributed by atoms with van der Waals surface area (Å²) in [6.45, 7) is 4.16. The van der Waals surface area contributed by atoms with Crippen molar-refractivity contribution < 1.29 is 9.72 Å². The van der Waals surface area contributed by atoms with E-state index in [1.54, 1.807) is 4.68 Å². The van der Waals surface area contributed by atoms with Crippen molar-refractivity contribution in [3.05, 3.63) is 21.5 Å². The molecule has 1 aromatic heterocycles. The molecular weight excluding hydrogens is 250 g/mol. The predicted molar refractivity (Wildman–Crippen MR) is 69.2 cm³/mol. The van der Waals surface area contributed by atoms with Gasteiger partial charge in [-0.25, -0.2) is 5.84 Å². The fourth-order valence-electron chi connectivity index (χ4n) is 1.99. The highest BCUT2D eigenvalue weighted by Gasteiger charge is 2.25. The van der Waals surface area contributed by atoms with Gasteiger partial charge in [-0.15, -0.1) is 0 Å². The summed E-state index contributed by atoms with van der Waals surface area (Å²) in [6.07, 6.45) is 1.86. The van der Waals surface area contributed by atoms with E-state index in [-0.39, 0.29) is 22.9 Å². The summed E-state index contributed by atoms with van der Waals surface area (Å²) < 4.78 is 1.63. The topological polar surface area (TPSA) is 116 Å². The predicted octanol–water partition coefficient (Wildman–Crippen LogP) is 0.686. The van der Waals surface area contributed by atoms with Crippen molar-refractivity contribution in [1.29, 1.82) is 0 Å². The molecule has 1 amide bonds. The number of nitro groups is 1. The van der Waals surface area contributed by atoms with E-state index in [1.807, 2.05) is 19.3 Å². The van der Waals surface area contributed by atoms with E-state index >= 15 is 0 Å². The Bertz CT molecular complexity index is 469. The van der Waals surface area contributed by atoms with Crippen LogP contribution in [-0.4, -0.2) is 20.6 Å². The number of aromatic nitrogens is 2. The van der Waals surface area contributed by atoms with Gasteiger partial charge in [-0.2, -0.15) is 5.10 Å². The largest absolute Gasteiger partial charge is 0.313 e. The second-order valence-electron chi connectivity index (χ2n) is 4.10. The summed E-state index contributed by atoms with van der Waals surface area (Å²) in [6, 6.07) is 0. The number of nitrogens with one attached hydrogen (secondary N) is 1. The Hall–Kier alpha value is -1.96. The van der Waals surface area contributed by atoms with Crippen LogP contribution in [0.15, 0.2) is 0 Å². The highest BCUT2D eigenvalue weighted by atomic mass is 16.6. The Morgan fingerprint density at radius 1 is 1.47 bits per heavy atom. The molecule has 1 aromatic rings. The molecule has 106 valence electrons. The summed E-state index contributed by atoms with van der Waals surface area (Å²) in [7, 11) is 0. The van der Waals surface area contributed by atoms with Crippen LogP contribution in [0.25, 0.3) is 0 Å². The molecule has 3 N–H and O–H groups in total. The molecule has 0 bridgehead atoms. The summed E-state index contributed by atoms with van der Waals surface area (Å²) in [5.74, 6) is 4.73. The summed E-state index contributed by atoms with van der Waals surface area (Å²) in [5.41, 5.74) is 3.25. The van der Waals surface area contributed by atoms with Crippen LogP contribution in [0.2, 0.25) is 0 Å². The van der Waals surface area contributed by atoms with Crippen LogP contribution in [-0.2, 0) is 24.2 Å². The maximum atomic E-state index is 11.1. The van der Waals surface area contributed by atoms with Gasteiger partial charge in [0.2, 0.25) is 5.91 Å². The number of aryl methyl sites for hydroxylation is 2. The zero-order valence-electron chi connectivity index (χ0n) is 11.2. The maximum absolute atomic E-state index is 11.1. The highest BCUT2D eigenvalue weighted by molar-refractivity contribution is 5.75. The number of carbonyl (C=O) groups is 1. The molecule has 0 unspecified atom stereocenters. The SMILES string of the molecule is CCc1nn(CCCC(=O)NN)c(CC)c1[N+](=O)[O-]. The Balaban J connectivity index is 2.89. The highest BCUT2D eigenvalue weighted by Crippen LogP contribution is 2.24. The number of nitrogens with two attached hydrogens (primary N) is 1. The lowest BCUT2D eigenvalue weighted by molar-refractivity contribution is -0.386. The number of nitrogens with zero attached hydrogens (tertiary/aromatic N) is 3. The van der Waals surface area contributed by atoms with Gasteiger partial charge in [-0.1, -0.05) is 13.8 Å². The molecule has 0 saturated carbocycles. The molecule has 1 rings (SSSR count). The van der Waals surface area contributed by atoms with Crippen LogP contribution in [0, 0.1) is 10.1 Å². The lowest BCUT2D eigenvalue weighted by Crippen LogP contribution is -2.29. The molecule has 0 radical (unpaired) electrons. The molecule has 0 atom stereocenters. The van der Waals surface area contributed by atoms with Gasteiger partial charge in [-0.3, -0.25) is 25.0 Å². The third-order valence-corrected chi connectivity index (χ3v) is 2.89. The average Bonchev–Trinajstić information content (AvgIpc) is 2.76. The van der Waals surface area contributed by atoms with Gasteiger partial charge in [0.1, 0.15) is 11.4 Å². The van der Waals surface area contributed by atoms with Gasteiger partial charge in [0.15, 0.2) is 0 Å². The Morgan fingerprint density at radius 2 is 2.16 bits per heavy atom. The zero-order chi connectivity index (χ0) is 14.4. The lowest BCUT2D eigenvalue weighted by Gasteiger charge is -2.04. The average molecular weight is 269 g/mol. The van der Waals surface area contributed by atoms with E-state index in [2.05, 4.69) is 5.10 Å². The Morgan fingerprint density at radius 3 is 2.63 bits per heavy atom. The number of rotatable bonds is 7. The van der Waals surface area contributed by atoms with Crippen LogP contribution < -0.4 is 11.3 Å². The van der Waals surface area contributed by atoms with Crippen molar-refractivity contribution in [2.45, 2.75) is 46.1 Å². The van der Waals surface area contributed by atoms with Gasteiger partial charge in [0, 0.05) is 13.0 Å². The first-order chi connectivity index (χ1) is 9.04. The van der Waals surface area contributed by atoms with Crippen molar-refractivity contribution >= 4 is 11.6 Å². The number of hydrogen-bond acceptors (Lipinski definition) is 5. The van der Waals surface area contributed by atoms with Crippen molar-refractivity contribution in [3.8, 4) is 0 Å². The van der Waals surface area contributed by atoms with E-state index in [4.69, 9.17) is 5.84 Å². The second-order valence-corrected chi connectivity index (χ2v) is 4.10. The van der Waals surface area contributed by atoms with E-state index < -0.39 is 0 Å². The second kappa shape index (κ2) is 6.83. The van der Waals surface area contributed by atoms with E-state index in [0.717, 1.165) is 0 Å². The Labute approximate surface area is 111 Å². The molecule has 19 heavy (non-hydrogen) atoms. The summed E-state index contributed by atoms with van der Waals surface area (Å²) in [4.78, 5) is 21.7. The minimum Gasteiger partial charge on any atom is -0.294 e. The molecular formula is C11H19N5O3. The van der Waals surface area contributed by atoms with Crippen molar-refractivity contribution in [2.24, 2.45) is 5.84 Å². The van der Waals surface area contributed by atoms with Gasteiger partial charge in [0.25, 0.3) is 0 Å². The molecule has 0 spiro atoms. The Kier molecular flexibility index (Phi) is 5.43. The molecule has 8 heteroatoms. The standard InChI is InChI=1S/C11H19N5O3/c1-3-8-11(16(18)19)9(4-2)15(14-8)7-5-6-10(17)13-12/h3-7,12H2,1-2H3,(H,13,17). The molecule has 1 heterocycles. The normalized spacial score (nSPS) is 10.5. The molecule has 8 nitrogen and oxygen atoms in total. The third kappa shape index (κ3) is 3.50. The summed E-state index contributed by atoms with van der Waals surface area (Å²) >= 11 is 0. The van der Waals surface area contributed by atoms with Crippen molar-refractivity contribution in [2.75, 3.05) is 0 Å². The van der Waals surface area contributed by atoms with Gasteiger partial charge >= 0.3 is 5.69 Å². The van der Waals surface area contributed by atoms with Crippen LogP contribution in [0.1, 0.15) is 38.1 Å². The summed E-state index contributed by atoms with van der Waals surface area (Å²) in [5, 5.41) is 15.3. The van der Waals surface area contributed by atoms with E-state index in [9.17, 15) is 14.9 Å². The van der Waals surface area contributed by atoms with Crippen LogP contribution in [0.5, 0.6) is 0 Å². The number of hydrazine groups is 1. The van der Waals surface area contributed by atoms with Gasteiger partial charge in [0.05, 0.1) is 4.92 Å². The number of amides is 1. The van der Waals surface area contributed by atoms with Gasteiger partial charge in [-0.05, 0) is 19.3 Å². The smallest absolute Gasteiger partial charge is 0.294 e. The number of hydrogen-bond donors (Lipinski definition) is 2. The zero-order valence-corrected chi connectivity index (χ0v) is 11.2. The third-order valence-electron chi connectivity index (χ3n) is 2.89. The van der Waals surface area contributed by atoms with Gasteiger partial charge < -0.3 is 0 Å². The lowest BCUT2D eigenvalue weighted by atomic mass is 10.2. The van der Waals surface area contributed by atoms with E-state index in [1.165, 1.54) is 0 Å². The molecule has 0 fully saturated rings. The van der Waals surface area contributed by atoms with Crippen LogP contribution in [0.4, 0.5) is 5.69 Å². The van der Waals surface area contributed by atoms with E-state index in [0.29, 0.717) is 37.2 Å². The first kappa shape index (κ1) is 15.1. The fourth-order valence-corrected chi connectivity index (χ4v) is 1.99. The minimum atomic E-state index is -0.381. The molecule has 0 aliphatic rings. The fraction of sp³-hybridized carbons (Fsp3) is 0.636. The molecule has 0 aliphatic heterocycles. The first-order valence-corrected chi connectivity index (χ1v) is 6.27. The maximum Gasteiger partial charge on any atom is 0.313 e. The van der Waals surface area contributed by atoms with Crippen molar-refractivity contribution in [3.63, 3.8) is 0 Å². The quantitative estimate of drug-likeness (QED) is 0.327. The molecule has 0 aromatic carbocycles. The minimum absolute atomic E-state index is 0.105. The van der Waals surface area contributed by atoms with Crippen LogP contribution >= 0.6 is 0 Å². The monoisotopic (exact) mass is 269 g/mol. The molecule has 0 saturated heterocycles. The number of carbonyl (C=O) groups excluding carboxylic acids is 1.